The number of unbranched alkanes of at least 4 members (excludes halogenated alkanes) is 1. The highest BCUT2D eigenvalue weighted by molar-refractivity contribution is 6.30. The number of hydrogen-bond donors (Lipinski definition) is 2. The van der Waals surface area contributed by atoms with Crippen LogP contribution in [0.5, 0.6) is 0 Å². The Balaban J connectivity index is 1.71. The van der Waals surface area contributed by atoms with Gasteiger partial charge in [0.2, 0.25) is 0 Å². The van der Waals surface area contributed by atoms with Crippen LogP contribution in [0.25, 0.3) is 11.1 Å². The smallest absolute Gasteiger partial charge is 0.336 e. The van der Waals surface area contributed by atoms with Gasteiger partial charge in [0.25, 0.3) is 0 Å². The van der Waals surface area contributed by atoms with Crippen molar-refractivity contribution in [2.45, 2.75) is 38.8 Å². The minimum Gasteiger partial charge on any atom is -0.478 e. The molecule has 38 heavy (non-hydrogen) atoms. The fourth-order valence-electron chi connectivity index (χ4n) is 4.53. The van der Waals surface area contributed by atoms with Gasteiger partial charge >= 0.3 is 11.9 Å². The highest BCUT2D eigenvalue weighted by Gasteiger charge is 2.26. The molecule has 1 heterocycles. The number of aromatic carboxylic acids is 2. The lowest BCUT2D eigenvalue weighted by Crippen LogP contribution is -2.15. The lowest BCUT2D eigenvalue weighted by atomic mass is 9.98. The first-order chi connectivity index (χ1) is 18.3. The number of imidazole rings is 1. The maximum absolute atomic E-state index is 11.7. The molecule has 7 nitrogen and oxygen atoms in total. The number of aryl methyl sites for hydroxylation is 1. The largest absolute Gasteiger partial charge is 0.478 e. The lowest BCUT2D eigenvalue weighted by molar-refractivity contribution is 0.0686. The molecule has 1 unspecified atom stereocenters. The topological polar surface area (TPSA) is 102 Å². The standard InChI is InChI=1S/C30H29ClN2O5/c1-3-4-9-25-32-28(31)26(27(38-2)21-14-16-22(17-15-21)29(34)35)33(25)18-19-10-12-20(13-11-19)23-7-5-6-8-24(23)30(36)37/h5-8,10-17,27H,3-4,9,18H2,1-2H3,(H,34,35)(H,36,37). The fraction of sp³-hybridized carbons (Fsp3) is 0.233. The van der Waals surface area contributed by atoms with Crippen LogP contribution < -0.4 is 0 Å². The minimum absolute atomic E-state index is 0.191. The molecule has 3 aromatic carbocycles. The molecule has 1 aromatic heterocycles. The number of carboxylic acid groups (broad SMARTS) is 2. The van der Waals surface area contributed by atoms with Crippen molar-refractivity contribution in [2.75, 3.05) is 7.11 Å². The first-order valence-corrected chi connectivity index (χ1v) is 12.7. The van der Waals surface area contributed by atoms with Crippen LogP contribution in [0.3, 0.4) is 0 Å². The van der Waals surface area contributed by atoms with Crippen LogP contribution in [0, 0.1) is 0 Å². The van der Waals surface area contributed by atoms with E-state index in [1.807, 2.05) is 30.3 Å². The van der Waals surface area contributed by atoms with Crippen LogP contribution in [0.2, 0.25) is 5.15 Å². The number of carboxylic acids is 2. The van der Waals surface area contributed by atoms with Crippen molar-refractivity contribution in [2.24, 2.45) is 0 Å². The molecule has 0 aliphatic carbocycles. The maximum Gasteiger partial charge on any atom is 0.336 e. The second kappa shape index (κ2) is 12.1. The molecule has 0 spiro atoms. The van der Waals surface area contributed by atoms with Crippen molar-refractivity contribution in [3.8, 4) is 11.1 Å². The number of rotatable bonds is 11. The molecule has 0 amide bonds. The van der Waals surface area contributed by atoms with E-state index in [1.54, 1.807) is 49.6 Å². The van der Waals surface area contributed by atoms with Crippen LogP contribution in [-0.4, -0.2) is 38.8 Å². The Morgan fingerprint density at radius 2 is 1.66 bits per heavy atom. The Morgan fingerprint density at radius 1 is 0.974 bits per heavy atom. The van der Waals surface area contributed by atoms with Crippen LogP contribution in [0.15, 0.2) is 72.8 Å². The van der Waals surface area contributed by atoms with Gasteiger partial charge in [-0.1, -0.05) is 79.5 Å². The molecular formula is C30H29ClN2O5. The molecule has 2 N–H and O–H groups in total. The highest BCUT2D eigenvalue weighted by atomic mass is 35.5. The second-order valence-electron chi connectivity index (χ2n) is 8.98. The first-order valence-electron chi connectivity index (χ1n) is 12.4. The average molecular weight is 533 g/mol. The lowest BCUT2D eigenvalue weighted by Gasteiger charge is -2.20. The van der Waals surface area contributed by atoms with Gasteiger partial charge < -0.3 is 19.5 Å². The van der Waals surface area contributed by atoms with E-state index >= 15 is 0 Å². The van der Waals surface area contributed by atoms with Crippen LogP contribution in [0.1, 0.15) is 69.2 Å². The Labute approximate surface area is 226 Å². The van der Waals surface area contributed by atoms with Crippen molar-refractivity contribution >= 4 is 23.5 Å². The number of nitrogens with zero attached hydrogens (tertiary/aromatic N) is 2. The summed E-state index contributed by atoms with van der Waals surface area (Å²) >= 11 is 6.69. The molecule has 0 bridgehead atoms. The van der Waals surface area contributed by atoms with Gasteiger partial charge in [0.15, 0.2) is 5.15 Å². The summed E-state index contributed by atoms with van der Waals surface area (Å²) < 4.78 is 7.93. The molecule has 4 rings (SSSR count). The van der Waals surface area contributed by atoms with Crippen molar-refractivity contribution in [1.82, 2.24) is 9.55 Å². The number of ether oxygens (including phenoxy) is 1. The Morgan fingerprint density at radius 3 is 2.26 bits per heavy atom. The van der Waals surface area contributed by atoms with Gasteiger partial charge in [-0.05, 0) is 46.9 Å². The normalized spacial score (nSPS) is 11.9. The highest BCUT2D eigenvalue weighted by Crippen LogP contribution is 2.33. The van der Waals surface area contributed by atoms with E-state index < -0.39 is 18.0 Å². The van der Waals surface area contributed by atoms with Crippen molar-refractivity contribution in [3.63, 3.8) is 0 Å². The van der Waals surface area contributed by atoms with Crippen molar-refractivity contribution < 1.29 is 24.5 Å². The summed E-state index contributed by atoms with van der Waals surface area (Å²) in [7, 11) is 1.59. The van der Waals surface area contributed by atoms with Gasteiger partial charge in [0, 0.05) is 20.1 Å². The predicted molar refractivity (Wildman–Crippen MR) is 146 cm³/mol. The zero-order chi connectivity index (χ0) is 27.2. The molecule has 0 radical (unpaired) electrons. The third kappa shape index (κ3) is 5.79. The number of benzene rings is 3. The van der Waals surface area contributed by atoms with Crippen molar-refractivity contribution in [3.05, 3.63) is 112 Å². The van der Waals surface area contributed by atoms with E-state index in [2.05, 4.69) is 16.5 Å². The second-order valence-corrected chi connectivity index (χ2v) is 9.34. The molecule has 0 saturated heterocycles. The summed E-state index contributed by atoms with van der Waals surface area (Å²) in [6.07, 6.45) is 2.15. The molecule has 8 heteroatoms. The van der Waals surface area contributed by atoms with E-state index in [1.165, 1.54) is 0 Å². The van der Waals surface area contributed by atoms with Crippen molar-refractivity contribution in [1.29, 1.82) is 0 Å². The van der Waals surface area contributed by atoms with Gasteiger partial charge in [0.05, 0.1) is 16.8 Å². The molecule has 0 fully saturated rings. The zero-order valence-electron chi connectivity index (χ0n) is 21.2. The SMILES string of the molecule is CCCCc1nc(Cl)c(C(OC)c2ccc(C(=O)O)cc2)n1Cc1ccc(-c2ccccc2C(=O)O)cc1. The molecule has 1 atom stereocenters. The van der Waals surface area contributed by atoms with Crippen LogP contribution in [0.4, 0.5) is 0 Å². The Kier molecular flexibility index (Phi) is 8.61. The van der Waals surface area contributed by atoms with Gasteiger partial charge in [-0.15, -0.1) is 0 Å². The fourth-order valence-corrected chi connectivity index (χ4v) is 4.83. The number of aromatic nitrogens is 2. The van der Waals surface area contributed by atoms with E-state index in [-0.39, 0.29) is 11.1 Å². The zero-order valence-corrected chi connectivity index (χ0v) is 22.0. The summed E-state index contributed by atoms with van der Waals surface area (Å²) in [6.45, 7) is 2.60. The first kappa shape index (κ1) is 27.1. The third-order valence-corrected chi connectivity index (χ3v) is 6.78. The Bertz CT molecular complexity index is 1430. The number of halogens is 1. The summed E-state index contributed by atoms with van der Waals surface area (Å²) in [5.74, 6) is -1.12. The summed E-state index contributed by atoms with van der Waals surface area (Å²) in [6, 6.07) is 21.3. The van der Waals surface area contributed by atoms with Crippen LogP contribution >= 0.6 is 11.6 Å². The molecule has 0 aliphatic rings. The minimum atomic E-state index is -0.995. The number of hydrogen-bond acceptors (Lipinski definition) is 4. The Hall–Kier alpha value is -3.94. The summed E-state index contributed by atoms with van der Waals surface area (Å²) in [5, 5.41) is 19.2. The summed E-state index contributed by atoms with van der Waals surface area (Å²) in [5.41, 5.74) is 4.37. The summed E-state index contributed by atoms with van der Waals surface area (Å²) in [4.78, 5) is 27.6. The molecule has 0 aliphatic heterocycles. The molecule has 196 valence electrons. The maximum atomic E-state index is 11.7. The van der Waals surface area contributed by atoms with E-state index in [9.17, 15) is 19.8 Å². The predicted octanol–water partition coefficient (Wildman–Crippen LogP) is 6.73. The third-order valence-electron chi connectivity index (χ3n) is 6.50. The van der Waals surface area contributed by atoms with Gasteiger partial charge in [0.1, 0.15) is 11.9 Å². The average Bonchev–Trinajstić information content (AvgIpc) is 3.22. The van der Waals surface area contributed by atoms with Gasteiger partial charge in [-0.2, -0.15) is 0 Å². The van der Waals surface area contributed by atoms with E-state index in [0.29, 0.717) is 23.0 Å². The van der Waals surface area contributed by atoms with Gasteiger partial charge in [-0.25, -0.2) is 14.6 Å². The molecule has 4 aromatic rings. The monoisotopic (exact) mass is 532 g/mol. The molecular weight excluding hydrogens is 504 g/mol. The van der Waals surface area contributed by atoms with E-state index in [4.69, 9.17) is 16.3 Å². The van der Waals surface area contributed by atoms with Crippen LogP contribution in [-0.2, 0) is 17.7 Å². The van der Waals surface area contributed by atoms with E-state index in [0.717, 1.165) is 41.8 Å². The quantitative estimate of drug-likeness (QED) is 0.222. The molecule has 0 saturated carbocycles. The number of methoxy groups -OCH3 is 1. The number of carbonyl (C=O) groups is 2. The van der Waals surface area contributed by atoms with Gasteiger partial charge in [-0.3, -0.25) is 0 Å².